The van der Waals surface area contributed by atoms with Crippen LogP contribution in [0.2, 0.25) is 0 Å². The van der Waals surface area contributed by atoms with Crippen molar-refractivity contribution in [2.45, 2.75) is 46.2 Å². The predicted molar refractivity (Wildman–Crippen MR) is 82.4 cm³/mol. The van der Waals surface area contributed by atoms with Crippen LogP contribution in [0.4, 0.5) is 4.39 Å². The Balaban J connectivity index is 1.95. The highest BCUT2D eigenvalue weighted by molar-refractivity contribution is 5.17. The van der Waals surface area contributed by atoms with Crippen LogP contribution < -0.4 is 5.32 Å². The van der Waals surface area contributed by atoms with Crippen LogP contribution in [0.15, 0.2) is 24.3 Å². The molecule has 0 aliphatic carbocycles. The van der Waals surface area contributed by atoms with Gasteiger partial charge in [-0.25, -0.2) is 4.39 Å². The summed E-state index contributed by atoms with van der Waals surface area (Å²) in [5, 5.41) is 3.63. The molecule has 2 rings (SSSR count). The molecule has 1 N–H and O–H groups in total. The maximum Gasteiger partial charge on any atom is 0.126 e. The van der Waals surface area contributed by atoms with Gasteiger partial charge in [0.2, 0.25) is 0 Å². The highest BCUT2D eigenvalue weighted by atomic mass is 19.1. The fraction of sp³-hybridized carbons (Fsp3) is 0.647. The smallest absolute Gasteiger partial charge is 0.126 e. The fourth-order valence-corrected chi connectivity index (χ4v) is 2.78. The highest BCUT2D eigenvalue weighted by Gasteiger charge is 2.32. The minimum Gasteiger partial charge on any atom is -0.311 e. The van der Waals surface area contributed by atoms with Gasteiger partial charge in [-0.05, 0) is 30.4 Å². The van der Waals surface area contributed by atoms with Crippen LogP contribution in [0.5, 0.6) is 0 Å². The Morgan fingerprint density at radius 1 is 1.30 bits per heavy atom. The summed E-state index contributed by atoms with van der Waals surface area (Å²) in [4.78, 5) is 2.48. The van der Waals surface area contributed by atoms with E-state index in [9.17, 15) is 4.39 Å². The van der Waals surface area contributed by atoms with Gasteiger partial charge < -0.3 is 5.32 Å². The maximum atomic E-state index is 13.7. The summed E-state index contributed by atoms with van der Waals surface area (Å²) < 4.78 is 13.7. The zero-order chi connectivity index (χ0) is 14.8. The van der Waals surface area contributed by atoms with Crippen LogP contribution >= 0.6 is 0 Å². The SMILES string of the molecule is CC1CNC(C(C)(C)C)CN1CCc1ccccc1F. The Morgan fingerprint density at radius 2 is 2.00 bits per heavy atom. The molecule has 0 spiro atoms. The minimum absolute atomic E-state index is 0.0809. The summed E-state index contributed by atoms with van der Waals surface area (Å²) in [5.74, 6) is -0.0809. The third-order valence-electron chi connectivity index (χ3n) is 4.37. The first-order chi connectivity index (χ1) is 9.38. The first-order valence-corrected chi connectivity index (χ1v) is 7.59. The molecule has 2 nitrogen and oxygen atoms in total. The minimum atomic E-state index is -0.0809. The maximum absolute atomic E-state index is 13.7. The highest BCUT2D eigenvalue weighted by Crippen LogP contribution is 2.23. The topological polar surface area (TPSA) is 15.3 Å². The average molecular weight is 278 g/mol. The molecule has 1 aromatic rings. The molecule has 1 heterocycles. The van der Waals surface area contributed by atoms with Gasteiger partial charge in [0.15, 0.2) is 0 Å². The second-order valence-corrected chi connectivity index (χ2v) is 7.01. The van der Waals surface area contributed by atoms with E-state index in [-0.39, 0.29) is 11.2 Å². The number of hydrogen-bond donors (Lipinski definition) is 1. The summed E-state index contributed by atoms with van der Waals surface area (Å²) in [6, 6.07) is 8.12. The molecule has 0 bridgehead atoms. The van der Waals surface area contributed by atoms with E-state index in [2.05, 4.69) is 37.9 Å². The molecule has 0 aromatic heterocycles. The molecule has 0 radical (unpaired) electrons. The number of hydrogen-bond acceptors (Lipinski definition) is 2. The zero-order valence-electron chi connectivity index (χ0n) is 13.1. The van der Waals surface area contributed by atoms with Crippen molar-refractivity contribution in [1.29, 1.82) is 0 Å². The monoisotopic (exact) mass is 278 g/mol. The van der Waals surface area contributed by atoms with Crippen LogP contribution in [-0.4, -0.2) is 36.6 Å². The first-order valence-electron chi connectivity index (χ1n) is 7.59. The van der Waals surface area contributed by atoms with Gasteiger partial charge >= 0.3 is 0 Å². The van der Waals surface area contributed by atoms with Crippen molar-refractivity contribution < 1.29 is 4.39 Å². The number of nitrogens with one attached hydrogen (secondary N) is 1. The Bertz CT molecular complexity index is 439. The van der Waals surface area contributed by atoms with Crippen LogP contribution in [0.3, 0.4) is 0 Å². The van der Waals surface area contributed by atoms with E-state index in [1.54, 1.807) is 12.1 Å². The van der Waals surface area contributed by atoms with Crippen molar-refractivity contribution in [2.75, 3.05) is 19.6 Å². The molecule has 1 fully saturated rings. The third-order valence-corrected chi connectivity index (χ3v) is 4.37. The van der Waals surface area contributed by atoms with Gasteiger partial charge in [0.25, 0.3) is 0 Å². The zero-order valence-corrected chi connectivity index (χ0v) is 13.1. The van der Waals surface area contributed by atoms with E-state index in [1.807, 2.05) is 12.1 Å². The Morgan fingerprint density at radius 3 is 2.65 bits per heavy atom. The summed E-state index contributed by atoms with van der Waals surface area (Å²) in [6.07, 6.45) is 0.786. The van der Waals surface area contributed by atoms with E-state index >= 15 is 0 Å². The number of benzene rings is 1. The number of piperazine rings is 1. The second-order valence-electron chi connectivity index (χ2n) is 7.01. The molecule has 2 atom stereocenters. The van der Waals surface area contributed by atoms with Gasteiger partial charge in [-0.1, -0.05) is 39.0 Å². The van der Waals surface area contributed by atoms with Crippen molar-refractivity contribution in [3.63, 3.8) is 0 Å². The molecule has 1 aliphatic heterocycles. The molecule has 3 heteroatoms. The van der Waals surface area contributed by atoms with E-state index in [0.29, 0.717) is 12.1 Å². The van der Waals surface area contributed by atoms with Crippen molar-refractivity contribution in [3.8, 4) is 0 Å². The largest absolute Gasteiger partial charge is 0.311 e. The predicted octanol–water partition coefficient (Wildman–Crippen LogP) is 3.08. The molecule has 20 heavy (non-hydrogen) atoms. The van der Waals surface area contributed by atoms with Crippen LogP contribution in [0.25, 0.3) is 0 Å². The molecule has 112 valence electrons. The Labute approximate surface area is 122 Å². The van der Waals surface area contributed by atoms with Gasteiger partial charge in [-0.15, -0.1) is 0 Å². The van der Waals surface area contributed by atoms with Crippen LogP contribution in [0, 0.1) is 11.2 Å². The van der Waals surface area contributed by atoms with Crippen LogP contribution in [-0.2, 0) is 6.42 Å². The Hall–Kier alpha value is -0.930. The molecule has 0 saturated carbocycles. The molecule has 2 unspecified atom stereocenters. The van der Waals surface area contributed by atoms with Gasteiger partial charge in [-0.3, -0.25) is 4.90 Å². The lowest BCUT2D eigenvalue weighted by Crippen LogP contribution is -2.59. The van der Waals surface area contributed by atoms with Crippen molar-refractivity contribution in [1.82, 2.24) is 10.2 Å². The summed E-state index contributed by atoms with van der Waals surface area (Å²) >= 11 is 0. The quantitative estimate of drug-likeness (QED) is 0.914. The van der Waals surface area contributed by atoms with E-state index in [4.69, 9.17) is 0 Å². The summed E-state index contributed by atoms with van der Waals surface area (Å²) in [7, 11) is 0. The van der Waals surface area contributed by atoms with Gasteiger partial charge in [0.05, 0.1) is 0 Å². The number of halogens is 1. The number of nitrogens with zero attached hydrogens (tertiary/aromatic N) is 1. The lowest BCUT2D eigenvalue weighted by Gasteiger charge is -2.44. The number of rotatable bonds is 3. The van der Waals surface area contributed by atoms with E-state index in [1.165, 1.54) is 0 Å². The molecule has 1 saturated heterocycles. The van der Waals surface area contributed by atoms with Crippen molar-refractivity contribution in [2.24, 2.45) is 5.41 Å². The lowest BCUT2D eigenvalue weighted by molar-refractivity contribution is 0.0946. The van der Waals surface area contributed by atoms with E-state index < -0.39 is 0 Å². The fourth-order valence-electron chi connectivity index (χ4n) is 2.78. The lowest BCUT2D eigenvalue weighted by atomic mass is 9.84. The van der Waals surface area contributed by atoms with Crippen molar-refractivity contribution >= 4 is 0 Å². The van der Waals surface area contributed by atoms with Crippen molar-refractivity contribution in [3.05, 3.63) is 35.6 Å². The molecule has 0 amide bonds. The third kappa shape index (κ3) is 3.80. The first kappa shape index (κ1) is 15.5. The molecule has 1 aromatic carbocycles. The van der Waals surface area contributed by atoms with Gasteiger partial charge in [0, 0.05) is 31.7 Å². The van der Waals surface area contributed by atoms with E-state index in [0.717, 1.165) is 31.6 Å². The normalized spacial score (nSPS) is 24.9. The summed E-state index contributed by atoms with van der Waals surface area (Å²) in [6.45, 7) is 12.0. The second kappa shape index (κ2) is 6.23. The summed E-state index contributed by atoms with van der Waals surface area (Å²) in [5.41, 5.74) is 1.08. The van der Waals surface area contributed by atoms with Crippen LogP contribution in [0.1, 0.15) is 33.3 Å². The standard InChI is InChI=1S/C17H27FN2/c1-13-11-19-16(17(2,3)4)12-20(13)10-9-14-7-5-6-8-15(14)18/h5-8,13,16,19H,9-12H2,1-4H3. The average Bonchev–Trinajstić information content (AvgIpc) is 2.38. The van der Waals surface area contributed by atoms with Gasteiger partial charge in [0.1, 0.15) is 5.82 Å². The Kier molecular flexibility index (Phi) is 4.82. The molecular formula is C17H27FN2. The molecular weight excluding hydrogens is 251 g/mol. The molecule has 1 aliphatic rings. The van der Waals surface area contributed by atoms with Gasteiger partial charge in [-0.2, -0.15) is 0 Å².